The monoisotopic (exact) mass is 429 g/mol. The van der Waals surface area contributed by atoms with Gasteiger partial charge in [0.25, 0.3) is 5.56 Å². The summed E-state index contributed by atoms with van der Waals surface area (Å²) < 4.78 is 6.92. The van der Waals surface area contributed by atoms with Gasteiger partial charge >= 0.3 is 0 Å². The molecule has 0 fully saturated rings. The topological polar surface area (TPSA) is 106 Å². The lowest BCUT2D eigenvalue weighted by Gasteiger charge is -2.09. The number of carbonyl (C=O) groups is 1. The van der Waals surface area contributed by atoms with E-state index in [1.54, 1.807) is 24.5 Å². The van der Waals surface area contributed by atoms with Crippen LogP contribution in [0.5, 0.6) is 0 Å². The standard InChI is InChI=1S/C24H23N5O3/c30-22(13-4-9-16-7-2-1-3-8-16)26-21-15-19(20-12-6-14-32-20)28-29(21)24-25-18-11-5-10-17(18)23(31)27-24/h1-3,6-8,12,14-15H,4-5,9-11,13H2,(H,26,30)(H,25,27,31). The van der Waals surface area contributed by atoms with Gasteiger partial charge in [0.15, 0.2) is 5.76 Å². The van der Waals surface area contributed by atoms with E-state index in [0.717, 1.165) is 43.4 Å². The van der Waals surface area contributed by atoms with Crippen molar-refractivity contribution in [1.82, 2.24) is 19.7 Å². The molecule has 0 aliphatic heterocycles. The Kier molecular flexibility index (Phi) is 5.41. The third-order valence-electron chi connectivity index (χ3n) is 5.59. The van der Waals surface area contributed by atoms with E-state index in [-0.39, 0.29) is 17.4 Å². The van der Waals surface area contributed by atoms with Gasteiger partial charge in [-0.15, -0.1) is 0 Å². The summed E-state index contributed by atoms with van der Waals surface area (Å²) in [5.74, 6) is 1.15. The molecule has 0 atom stereocenters. The smallest absolute Gasteiger partial charge is 0.255 e. The normalized spacial score (nSPS) is 12.6. The predicted molar refractivity (Wildman–Crippen MR) is 120 cm³/mol. The lowest BCUT2D eigenvalue weighted by molar-refractivity contribution is -0.116. The minimum absolute atomic E-state index is 0.128. The van der Waals surface area contributed by atoms with Crippen LogP contribution >= 0.6 is 0 Å². The zero-order chi connectivity index (χ0) is 21.9. The Balaban J connectivity index is 1.39. The summed E-state index contributed by atoms with van der Waals surface area (Å²) in [6.07, 6.45) is 5.89. The van der Waals surface area contributed by atoms with Gasteiger partial charge in [0.05, 0.1) is 12.0 Å². The fraction of sp³-hybridized carbons (Fsp3) is 0.250. The number of nitrogens with zero attached hydrogens (tertiary/aromatic N) is 3. The van der Waals surface area contributed by atoms with E-state index in [1.807, 2.05) is 18.2 Å². The highest BCUT2D eigenvalue weighted by Gasteiger charge is 2.21. The van der Waals surface area contributed by atoms with E-state index < -0.39 is 0 Å². The molecule has 8 heteroatoms. The van der Waals surface area contributed by atoms with Crippen LogP contribution in [-0.4, -0.2) is 25.7 Å². The van der Waals surface area contributed by atoms with Crippen LogP contribution in [0.1, 0.15) is 36.1 Å². The summed E-state index contributed by atoms with van der Waals surface area (Å²) in [7, 11) is 0. The van der Waals surface area contributed by atoms with Crippen molar-refractivity contribution in [2.75, 3.05) is 5.32 Å². The molecule has 8 nitrogen and oxygen atoms in total. The Morgan fingerprint density at radius 3 is 2.84 bits per heavy atom. The fourth-order valence-electron chi connectivity index (χ4n) is 4.01. The van der Waals surface area contributed by atoms with Gasteiger partial charge < -0.3 is 9.73 Å². The first kappa shape index (κ1) is 20.0. The molecule has 3 aromatic heterocycles. The number of hydrogen-bond acceptors (Lipinski definition) is 5. The van der Waals surface area contributed by atoms with E-state index in [9.17, 15) is 9.59 Å². The van der Waals surface area contributed by atoms with Gasteiger partial charge in [-0.1, -0.05) is 30.3 Å². The Hall–Kier alpha value is -3.94. The van der Waals surface area contributed by atoms with Crippen LogP contribution in [0.2, 0.25) is 0 Å². The number of amides is 1. The molecule has 2 N–H and O–H groups in total. The zero-order valence-electron chi connectivity index (χ0n) is 17.5. The lowest BCUT2D eigenvalue weighted by Crippen LogP contribution is -2.21. The number of hydrogen-bond donors (Lipinski definition) is 2. The number of furan rings is 1. The van der Waals surface area contributed by atoms with Crippen LogP contribution in [0.4, 0.5) is 5.82 Å². The average molecular weight is 429 g/mol. The van der Waals surface area contributed by atoms with E-state index in [1.165, 1.54) is 10.2 Å². The molecule has 0 bridgehead atoms. The van der Waals surface area contributed by atoms with Crippen molar-refractivity contribution >= 4 is 11.7 Å². The Morgan fingerprint density at radius 1 is 1.16 bits per heavy atom. The molecule has 5 rings (SSSR count). The number of H-pyrrole nitrogens is 1. The molecule has 3 heterocycles. The maximum atomic E-state index is 12.7. The Labute approximate surface area is 184 Å². The molecule has 1 amide bonds. The van der Waals surface area contributed by atoms with Crippen LogP contribution in [0.15, 0.2) is 64.0 Å². The molecule has 0 saturated heterocycles. The molecule has 1 aliphatic rings. The molecule has 0 radical (unpaired) electrons. The number of rotatable bonds is 7. The molecular formula is C24H23N5O3. The van der Waals surface area contributed by atoms with Gasteiger partial charge in [-0.3, -0.25) is 14.6 Å². The minimum Gasteiger partial charge on any atom is -0.463 e. The van der Waals surface area contributed by atoms with E-state index in [2.05, 4.69) is 32.5 Å². The van der Waals surface area contributed by atoms with Gasteiger partial charge in [0, 0.05) is 18.1 Å². The van der Waals surface area contributed by atoms with Crippen molar-refractivity contribution in [3.63, 3.8) is 0 Å². The number of fused-ring (bicyclic) bond motifs is 1. The SMILES string of the molecule is O=C(CCCc1ccccc1)Nc1cc(-c2ccco2)nn1-c1nc2c(c(=O)[nH]1)CCC2. The number of carbonyl (C=O) groups excluding carboxylic acids is 1. The molecule has 0 spiro atoms. The lowest BCUT2D eigenvalue weighted by atomic mass is 10.1. The minimum atomic E-state index is -0.155. The molecule has 0 unspecified atom stereocenters. The van der Waals surface area contributed by atoms with Gasteiger partial charge in [-0.05, 0) is 49.8 Å². The van der Waals surface area contributed by atoms with Crippen LogP contribution < -0.4 is 10.9 Å². The zero-order valence-corrected chi connectivity index (χ0v) is 17.5. The number of anilines is 1. The second-order valence-corrected chi connectivity index (χ2v) is 7.86. The third-order valence-corrected chi connectivity index (χ3v) is 5.59. The second kappa shape index (κ2) is 8.66. The fourth-order valence-corrected chi connectivity index (χ4v) is 4.01. The summed E-state index contributed by atoms with van der Waals surface area (Å²) >= 11 is 0. The summed E-state index contributed by atoms with van der Waals surface area (Å²) in [6.45, 7) is 0. The van der Waals surface area contributed by atoms with E-state index in [4.69, 9.17) is 4.42 Å². The van der Waals surface area contributed by atoms with Crippen molar-refractivity contribution in [3.05, 3.63) is 82.0 Å². The van der Waals surface area contributed by atoms with Crippen molar-refractivity contribution in [2.45, 2.75) is 38.5 Å². The Morgan fingerprint density at radius 2 is 2.03 bits per heavy atom. The molecule has 162 valence electrons. The number of aryl methyl sites for hydroxylation is 2. The highest BCUT2D eigenvalue weighted by Crippen LogP contribution is 2.25. The Bertz CT molecular complexity index is 1290. The quantitative estimate of drug-likeness (QED) is 0.466. The van der Waals surface area contributed by atoms with Crippen LogP contribution in [0.25, 0.3) is 17.4 Å². The van der Waals surface area contributed by atoms with Crippen LogP contribution in [-0.2, 0) is 24.1 Å². The number of benzene rings is 1. The van der Waals surface area contributed by atoms with Crippen LogP contribution in [0.3, 0.4) is 0 Å². The molecule has 1 aliphatic carbocycles. The van der Waals surface area contributed by atoms with E-state index >= 15 is 0 Å². The molecule has 1 aromatic carbocycles. The highest BCUT2D eigenvalue weighted by atomic mass is 16.3. The number of aromatic amines is 1. The van der Waals surface area contributed by atoms with E-state index in [0.29, 0.717) is 23.7 Å². The maximum absolute atomic E-state index is 12.7. The predicted octanol–water partition coefficient (Wildman–Crippen LogP) is 3.67. The van der Waals surface area contributed by atoms with Crippen molar-refractivity contribution in [3.8, 4) is 17.4 Å². The van der Waals surface area contributed by atoms with Crippen molar-refractivity contribution < 1.29 is 9.21 Å². The first-order chi connectivity index (χ1) is 15.7. The third kappa shape index (κ3) is 4.12. The first-order valence-corrected chi connectivity index (χ1v) is 10.8. The summed E-state index contributed by atoms with van der Waals surface area (Å²) in [4.78, 5) is 32.6. The summed E-state index contributed by atoms with van der Waals surface area (Å²) in [6, 6.07) is 15.4. The van der Waals surface area contributed by atoms with Gasteiger partial charge in [0.1, 0.15) is 11.5 Å². The molecular weight excluding hydrogens is 406 g/mol. The highest BCUT2D eigenvalue weighted by molar-refractivity contribution is 5.90. The molecule has 0 saturated carbocycles. The first-order valence-electron chi connectivity index (χ1n) is 10.8. The molecule has 32 heavy (non-hydrogen) atoms. The van der Waals surface area contributed by atoms with Crippen molar-refractivity contribution in [1.29, 1.82) is 0 Å². The number of nitrogens with one attached hydrogen (secondary N) is 2. The summed E-state index contributed by atoms with van der Waals surface area (Å²) in [5, 5.41) is 7.47. The second-order valence-electron chi connectivity index (χ2n) is 7.86. The van der Waals surface area contributed by atoms with Crippen LogP contribution in [0, 0.1) is 0 Å². The van der Waals surface area contributed by atoms with Crippen molar-refractivity contribution in [2.24, 2.45) is 0 Å². The van der Waals surface area contributed by atoms with Gasteiger partial charge in [-0.2, -0.15) is 9.78 Å². The number of aromatic nitrogens is 4. The average Bonchev–Trinajstić information content (AvgIpc) is 3.55. The summed E-state index contributed by atoms with van der Waals surface area (Å²) in [5.41, 5.74) is 3.11. The van der Waals surface area contributed by atoms with Gasteiger partial charge in [-0.25, -0.2) is 4.98 Å². The maximum Gasteiger partial charge on any atom is 0.255 e. The van der Waals surface area contributed by atoms with Gasteiger partial charge in [0.2, 0.25) is 11.9 Å². The largest absolute Gasteiger partial charge is 0.463 e. The molecule has 4 aromatic rings.